The highest BCUT2D eigenvalue weighted by molar-refractivity contribution is 5.37. The highest BCUT2D eigenvalue weighted by atomic mass is 16.5. The van der Waals surface area contributed by atoms with Gasteiger partial charge >= 0.3 is 0 Å². The van der Waals surface area contributed by atoms with Crippen LogP contribution >= 0.6 is 0 Å². The molecule has 1 aromatic rings. The van der Waals surface area contributed by atoms with Crippen molar-refractivity contribution in [2.24, 2.45) is 5.73 Å². The van der Waals surface area contributed by atoms with E-state index in [0.29, 0.717) is 6.61 Å². The second kappa shape index (κ2) is 6.89. The normalized spacial score (nSPS) is 21.1. The molecular weight excluding hydrogens is 240 g/mol. The monoisotopic (exact) mass is 264 g/mol. The zero-order chi connectivity index (χ0) is 13.7. The predicted molar refractivity (Wildman–Crippen MR) is 76.5 cm³/mol. The van der Waals surface area contributed by atoms with E-state index in [-0.39, 0.29) is 12.1 Å². The Hall–Kier alpha value is -1.10. The van der Waals surface area contributed by atoms with Gasteiger partial charge in [-0.15, -0.1) is 0 Å². The fourth-order valence-corrected chi connectivity index (χ4v) is 2.41. The SMILES string of the molecule is CCOc1ccc(C(N)CC2CNCCO2)cc1C. The molecule has 3 N–H and O–H groups in total. The van der Waals surface area contributed by atoms with Crippen molar-refractivity contribution in [1.29, 1.82) is 0 Å². The lowest BCUT2D eigenvalue weighted by molar-refractivity contribution is 0.0195. The van der Waals surface area contributed by atoms with E-state index in [4.69, 9.17) is 15.2 Å². The van der Waals surface area contributed by atoms with Crippen LogP contribution < -0.4 is 15.8 Å². The van der Waals surface area contributed by atoms with Crippen LogP contribution in [0.1, 0.15) is 30.5 Å². The van der Waals surface area contributed by atoms with Crippen LogP contribution in [0.4, 0.5) is 0 Å². The molecule has 1 heterocycles. The average molecular weight is 264 g/mol. The first-order chi connectivity index (χ1) is 9.20. The topological polar surface area (TPSA) is 56.5 Å². The Kier molecular flexibility index (Phi) is 5.19. The summed E-state index contributed by atoms with van der Waals surface area (Å²) in [6.07, 6.45) is 1.07. The van der Waals surface area contributed by atoms with Crippen LogP contribution in [0.3, 0.4) is 0 Å². The molecule has 2 unspecified atom stereocenters. The number of benzene rings is 1. The minimum Gasteiger partial charge on any atom is -0.494 e. The Labute approximate surface area is 115 Å². The first kappa shape index (κ1) is 14.3. The number of morpholine rings is 1. The van der Waals surface area contributed by atoms with Crippen molar-refractivity contribution in [2.75, 3.05) is 26.3 Å². The molecule has 1 aliphatic rings. The van der Waals surface area contributed by atoms with Crippen molar-refractivity contribution in [1.82, 2.24) is 5.32 Å². The highest BCUT2D eigenvalue weighted by Crippen LogP contribution is 2.24. The number of nitrogens with two attached hydrogens (primary N) is 1. The van der Waals surface area contributed by atoms with E-state index in [1.54, 1.807) is 0 Å². The lowest BCUT2D eigenvalue weighted by Crippen LogP contribution is -2.40. The quantitative estimate of drug-likeness (QED) is 0.851. The van der Waals surface area contributed by atoms with Crippen molar-refractivity contribution in [3.63, 3.8) is 0 Å². The molecule has 4 nitrogen and oxygen atoms in total. The Bertz CT molecular complexity index is 403. The summed E-state index contributed by atoms with van der Waals surface area (Å²) < 4.78 is 11.2. The molecule has 0 spiro atoms. The smallest absolute Gasteiger partial charge is 0.122 e. The number of hydrogen-bond acceptors (Lipinski definition) is 4. The molecule has 2 rings (SSSR count). The molecule has 19 heavy (non-hydrogen) atoms. The van der Waals surface area contributed by atoms with Gasteiger partial charge in [-0.3, -0.25) is 0 Å². The van der Waals surface area contributed by atoms with Crippen LogP contribution in [0.2, 0.25) is 0 Å². The molecule has 106 valence electrons. The summed E-state index contributed by atoms with van der Waals surface area (Å²) in [5.74, 6) is 0.939. The molecule has 0 radical (unpaired) electrons. The van der Waals surface area contributed by atoms with Crippen LogP contribution in [-0.4, -0.2) is 32.4 Å². The van der Waals surface area contributed by atoms with Gasteiger partial charge in [0.1, 0.15) is 5.75 Å². The molecule has 4 heteroatoms. The number of nitrogens with one attached hydrogen (secondary N) is 1. The van der Waals surface area contributed by atoms with E-state index in [9.17, 15) is 0 Å². The van der Waals surface area contributed by atoms with E-state index in [1.807, 2.05) is 13.0 Å². The summed E-state index contributed by atoms with van der Waals surface area (Å²) in [4.78, 5) is 0. The predicted octanol–water partition coefficient (Wildman–Crippen LogP) is 1.77. The zero-order valence-electron chi connectivity index (χ0n) is 11.8. The van der Waals surface area contributed by atoms with Crippen LogP contribution in [0.5, 0.6) is 5.75 Å². The molecule has 0 saturated carbocycles. The maximum absolute atomic E-state index is 6.27. The maximum atomic E-state index is 6.27. The van der Waals surface area contributed by atoms with Gasteiger partial charge < -0.3 is 20.5 Å². The van der Waals surface area contributed by atoms with Gasteiger partial charge in [-0.2, -0.15) is 0 Å². The third kappa shape index (κ3) is 3.93. The number of aryl methyl sites for hydroxylation is 1. The molecule has 2 atom stereocenters. The Morgan fingerprint density at radius 2 is 2.37 bits per heavy atom. The van der Waals surface area contributed by atoms with Gasteiger partial charge in [0.2, 0.25) is 0 Å². The lowest BCUT2D eigenvalue weighted by Gasteiger charge is -2.26. The maximum Gasteiger partial charge on any atom is 0.122 e. The third-order valence-corrected chi connectivity index (χ3v) is 3.45. The lowest BCUT2D eigenvalue weighted by atomic mass is 9.99. The van der Waals surface area contributed by atoms with Crippen molar-refractivity contribution < 1.29 is 9.47 Å². The molecule has 1 fully saturated rings. The highest BCUT2D eigenvalue weighted by Gasteiger charge is 2.18. The van der Waals surface area contributed by atoms with Gasteiger partial charge in [0.25, 0.3) is 0 Å². The number of rotatable bonds is 5. The minimum absolute atomic E-state index is 0.0132. The van der Waals surface area contributed by atoms with E-state index in [2.05, 4.69) is 24.4 Å². The molecule has 1 aromatic carbocycles. The van der Waals surface area contributed by atoms with Crippen LogP contribution in [0.15, 0.2) is 18.2 Å². The summed E-state index contributed by atoms with van der Waals surface area (Å²) in [7, 11) is 0. The molecule has 1 aliphatic heterocycles. The van der Waals surface area contributed by atoms with E-state index >= 15 is 0 Å². The standard InChI is InChI=1S/C15H24N2O2/c1-3-18-15-5-4-12(8-11(15)2)14(16)9-13-10-17-6-7-19-13/h4-5,8,13-14,17H,3,6-7,9-10,16H2,1-2H3. The first-order valence-electron chi connectivity index (χ1n) is 7.02. The van der Waals surface area contributed by atoms with E-state index in [1.165, 1.54) is 0 Å². The largest absolute Gasteiger partial charge is 0.494 e. The van der Waals surface area contributed by atoms with Gasteiger partial charge in [-0.1, -0.05) is 12.1 Å². The molecule has 0 amide bonds. The fourth-order valence-electron chi connectivity index (χ4n) is 2.41. The molecule has 1 saturated heterocycles. The van der Waals surface area contributed by atoms with Crippen LogP contribution in [0, 0.1) is 6.92 Å². The van der Waals surface area contributed by atoms with Gasteiger partial charge in [-0.25, -0.2) is 0 Å². The molecular formula is C15H24N2O2. The van der Waals surface area contributed by atoms with Crippen LogP contribution in [-0.2, 0) is 4.74 Å². The summed E-state index contributed by atoms with van der Waals surface area (Å²) in [6, 6.07) is 6.19. The first-order valence-corrected chi connectivity index (χ1v) is 7.02. The summed E-state index contributed by atoms with van der Waals surface area (Å²) in [6.45, 7) is 7.34. The Morgan fingerprint density at radius 1 is 1.53 bits per heavy atom. The van der Waals surface area contributed by atoms with Gasteiger partial charge in [0.05, 0.1) is 19.3 Å². The Balaban J connectivity index is 1.98. The van der Waals surface area contributed by atoms with E-state index in [0.717, 1.165) is 43.0 Å². The van der Waals surface area contributed by atoms with Crippen molar-refractivity contribution >= 4 is 0 Å². The summed E-state index contributed by atoms with van der Waals surface area (Å²) in [5.41, 5.74) is 8.55. The zero-order valence-corrected chi connectivity index (χ0v) is 11.8. The molecule has 0 aliphatic carbocycles. The fraction of sp³-hybridized carbons (Fsp3) is 0.600. The second-order valence-corrected chi connectivity index (χ2v) is 5.00. The van der Waals surface area contributed by atoms with Gasteiger partial charge in [-0.05, 0) is 37.5 Å². The van der Waals surface area contributed by atoms with E-state index < -0.39 is 0 Å². The second-order valence-electron chi connectivity index (χ2n) is 5.00. The van der Waals surface area contributed by atoms with Crippen molar-refractivity contribution in [3.05, 3.63) is 29.3 Å². The summed E-state index contributed by atoms with van der Waals surface area (Å²) in [5, 5.41) is 3.33. The van der Waals surface area contributed by atoms with Crippen LogP contribution in [0.25, 0.3) is 0 Å². The average Bonchev–Trinajstić information content (AvgIpc) is 2.42. The van der Waals surface area contributed by atoms with Crippen molar-refractivity contribution in [3.8, 4) is 5.75 Å². The molecule has 0 bridgehead atoms. The number of hydrogen-bond donors (Lipinski definition) is 2. The van der Waals surface area contributed by atoms with Crippen molar-refractivity contribution in [2.45, 2.75) is 32.4 Å². The molecule has 0 aromatic heterocycles. The van der Waals surface area contributed by atoms with Gasteiger partial charge in [0.15, 0.2) is 0 Å². The Morgan fingerprint density at radius 3 is 3.00 bits per heavy atom. The number of ether oxygens (including phenoxy) is 2. The summed E-state index contributed by atoms with van der Waals surface area (Å²) >= 11 is 0. The van der Waals surface area contributed by atoms with Gasteiger partial charge in [0, 0.05) is 19.1 Å². The third-order valence-electron chi connectivity index (χ3n) is 3.45. The minimum atomic E-state index is 0.0132.